The summed E-state index contributed by atoms with van der Waals surface area (Å²) in [6, 6.07) is -0.211. The van der Waals surface area contributed by atoms with Crippen LogP contribution in [0.2, 0.25) is 0 Å². The van der Waals surface area contributed by atoms with Crippen LogP contribution in [0.15, 0.2) is 12.4 Å². The molecule has 1 fully saturated rings. The van der Waals surface area contributed by atoms with E-state index in [1.54, 1.807) is 6.20 Å². The molecule has 0 aromatic carbocycles. The highest BCUT2D eigenvalue weighted by Gasteiger charge is 2.31. The molecule has 0 radical (unpaired) electrons. The third-order valence-electron chi connectivity index (χ3n) is 3.51. The van der Waals surface area contributed by atoms with E-state index in [1.807, 2.05) is 31.6 Å². The van der Waals surface area contributed by atoms with Crippen molar-refractivity contribution in [3.05, 3.63) is 18.0 Å². The maximum Gasteiger partial charge on any atom is 0.212 e. The summed E-state index contributed by atoms with van der Waals surface area (Å²) in [5.41, 5.74) is 0.939. The van der Waals surface area contributed by atoms with Crippen LogP contribution in [-0.4, -0.2) is 36.6 Å². The van der Waals surface area contributed by atoms with Crippen LogP contribution in [0.3, 0.4) is 0 Å². The lowest BCUT2D eigenvalue weighted by Crippen LogP contribution is -2.44. The minimum atomic E-state index is -3.28. The molecule has 0 bridgehead atoms. The van der Waals surface area contributed by atoms with Crippen molar-refractivity contribution in [3.8, 4) is 0 Å². The maximum absolute atomic E-state index is 12.2. The summed E-state index contributed by atoms with van der Waals surface area (Å²) in [5.74, 6) is 0.248. The van der Waals surface area contributed by atoms with Crippen LogP contribution in [0, 0.1) is 5.92 Å². The van der Waals surface area contributed by atoms with Gasteiger partial charge in [-0.15, -0.1) is 0 Å². The molecule has 1 aromatic heterocycles. The zero-order valence-electron chi connectivity index (χ0n) is 12.9. The smallest absolute Gasteiger partial charge is 0.212 e. The highest BCUT2D eigenvalue weighted by molar-refractivity contribution is 7.89. The van der Waals surface area contributed by atoms with Crippen molar-refractivity contribution in [2.24, 2.45) is 5.92 Å². The van der Waals surface area contributed by atoms with Gasteiger partial charge in [0.1, 0.15) is 6.10 Å². The number of nitrogens with zero attached hydrogens (tertiary/aromatic N) is 2. The Morgan fingerprint density at radius 1 is 1.52 bits per heavy atom. The number of hydrogen-bond donors (Lipinski definition) is 1. The normalized spacial score (nSPS) is 23.6. The molecule has 1 aromatic rings. The van der Waals surface area contributed by atoms with Gasteiger partial charge in [-0.3, -0.25) is 4.68 Å². The first kappa shape index (κ1) is 16.5. The molecule has 0 spiro atoms. The first-order valence-corrected chi connectivity index (χ1v) is 9.20. The van der Waals surface area contributed by atoms with Gasteiger partial charge in [0.2, 0.25) is 10.0 Å². The molecule has 0 saturated carbocycles. The van der Waals surface area contributed by atoms with Gasteiger partial charge in [0.05, 0.1) is 18.0 Å². The fraction of sp³-hybridized carbons (Fsp3) is 0.786. The Morgan fingerprint density at radius 2 is 2.29 bits per heavy atom. The molecule has 0 unspecified atom stereocenters. The average Bonchev–Trinajstić information content (AvgIpc) is 2.85. The maximum atomic E-state index is 12.2. The summed E-state index contributed by atoms with van der Waals surface area (Å²) in [6.45, 7) is 7.26. The topological polar surface area (TPSA) is 73.2 Å². The number of rotatable bonds is 6. The third kappa shape index (κ3) is 4.52. The molecule has 0 amide bonds. The van der Waals surface area contributed by atoms with E-state index in [0.29, 0.717) is 6.61 Å². The molecule has 21 heavy (non-hydrogen) atoms. The van der Waals surface area contributed by atoms with Crippen LogP contribution in [0.5, 0.6) is 0 Å². The Labute approximate surface area is 126 Å². The lowest BCUT2D eigenvalue weighted by atomic mass is 9.99. The predicted molar refractivity (Wildman–Crippen MR) is 81.4 cm³/mol. The zero-order chi connectivity index (χ0) is 15.5. The summed E-state index contributed by atoms with van der Waals surface area (Å²) in [6.07, 6.45) is 5.11. The van der Waals surface area contributed by atoms with Gasteiger partial charge in [-0.25, -0.2) is 13.1 Å². The molecule has 2 rings (SSSR count). The predicted octanol–water partition coefficient (Wildman–Crippen LogP) is 1.70. The van der Waals surface area contributed by atoms with Gasteiger partial charge in [0, 0.05) is 24.9 Å². The minimum absolute atomic E-state index is 0.105. The van der Waals surface area contributed by atoms with E-state index < -0.39 is 10.0 Å². The number of aryl methyl sites for hydroxylation is 1. The van der Waals surface area contributed by atoms with Gasteiger partial charge in [-0.05, 0) is 25.7 Å². The van der Waals surface area contributed by atoms with Crippen LogP contribution in [0.1, 0.15) is 45.3 Å². The average molecular weight is 315 g/mol. The van der Waals surface area contributed by atoms with Gasteiger partial charge in [0.15, 0.2) is 0 Å². The Kier molecular flexibility index (Phi) is 5.40. The fourth-order valence-corrected chi connectivity index (χ4v) is 4.32. The minimum Gasteiger partial charge on any atom is -0.372 e. The van der Waals surface area contributed by atoms with Crippen molar-refractivity contribution >= 4 is 10.0 Å². The van der Waals surface area contributed by atoms with Crippen molar-refractivity contribution < 1.29 is 13.2 Å². The first-order chi connectivity index (χ1) is 9.91. The summed E-state index contributed by atoms with van der Waals surface area (Å²) in [7, 11) is -3.28. The molecule has 7 heteroatoms. The molecule has 0 aliphatic carbocycles. The van der Waals surface area contributed by atoms with Crippen molar-refractivity contribution in [2.75, 3.05) is 12.4 Å². The quantitative estimate of drug-likeness (QED) is 0.867. The molecule has 2 atom stereocenters. The van der Waals surface area contributed by atoms with Gasteiger partial charge < -0.3 is 4.74 Å². The van der Waals surface area contributed by atoms with E-state index in [0.717, 1.165) is 24.9 Å². The Balaban J connectivity index is 2.12. The van der Waals surface area contributed by atoms with E-state index >= 15 is 0 Å². The standard InChI is InChI=1S/C14H25N3O3S/c1-4-17-9-12(8-15-17)14-13(6-5-7-20-14)16-21(18,19)10-11(2)3/h8-9,11,13-14,16H,4-7,10H2,1-3H3/t13-,14+/m1/s1. The van der Waals surface area contributed by atoms with E-state index in [1.165, 1.54) is 0 Å². The zero-order valence-corrected chi connectivity index (χ0v) is 13.8. The fourth-order valence-electron chi connectivity index (χ4n) is 2.65. The van der Waals surface area contributed by atoms with E-state index in [2.05, 4.69) is 9.82 Å². The number of sulfonamides is 1. The lowest BCUT2D eigenvalue weighted by molar-refractivity contribution is -0.00449. The van der Waals surface area contributed by atoms with Gasteiger partial charge in [-0.2, -0.15) is 5.10 Å². The SMILES string of the molecule is CCn1cc([C@@H]2OCCC[C@H]2NS(=O)(=O)CC(C)C)cn1. The number of aromatic nitrogens is 2. The Morgan fingerprint density at radius 3 is 2.90 bits per heavy atom. The lowest BCUT2D eigenvalue weighted by Gasteiger charge is -2.31. The molecule has 1 N–H and O–H groups in total. The van der Waals surface area contributed by atoms with Gasteiger partial charge >= 0.3 is 0 Å². The second-order valence-electron chi connectivity index (χ2n) is 5.96. The molecule has 2 heterocycles. The monoisotopic (exact) mass is 315 g/mol. The molecular formula is C14H25N3O3S. The molecule has 1 aliphatic rings. The summed E-state index contributed by atoms with van der Waals surface area (Å²) in [4.78, 5) is 0. The molecule has 6 nitrogen and oxygen atoms in total. The summed E-state index contributed by atoms with van der Waals surface area (Å²) < 4.78 is 34.8. The van der Waals surface area contributed by atoms with Crippen molar-refractivity contribution in [2.45, 2.75) is 52.3 Å². The molecule has 120 valence electrons. The first-order valence-electron chi connectivity index (χ1n) is 7.55. The van der Waals surface area contributed by atoms with Crippen molar-refractivity contribution in [1.29, 1.82) is 0 Å². The highest BCUT2D eigenvalue weighted by Crippen LogP contribution is 2.28. The van der Waals surface area contributed by atoms with E-state index in [-0.39, 0.29) is 23.8 Å². The highest BCUT2D eigenvalue weighted by atomic mass is 32.2. The van der Waals surface area contributed by atoms with Crippen LogP contribution in [0.4, 0.5) is 0 Å². The van der Waals surface area contributed by atoms with E-state index in [9.17, 15) is 8.42 Å². The summed E-state index contributed by atoms with van der Waals surface area (Å²) >= 11 is 0. The van der Waals surface area contributed by atoms with Crippen LogP contribution < -0.4 is 4.72 Å². The van der Waals surface area contributed by atoms with Crippen molar-refractivity contribution in [1.82, 2.24) is 14.5 Å². The Hall–Kier alpha value is -0.920. The van der Waals surface area contributed by atoms with Crippen molar-refractivity contribution in [3.63, 3.8) is 0 Å². The second kappa shape index (κ2) is 6.89. The molecular weight excluding hydrogens is 290 g/mol. The largest absolute Gasteiger partial charge is 0.372 e. The Bertz CT molecular complexity index is 554. The number of hydrogen-bond acceptors (Lipinski definition) is 4. The van der Waals surface area contributed by atoms with Crippen LogP contribution >= 0.6 is 0 Å². The van der Waals surface area contributed by atoms with Crippen LogP contribution in [0.25, 0.3) is 0 Å². The molecule has 1 saturated heterocycles. The van der Waals surface area contributed by atoms with Crippen LogP contribution in [-0.2, 0) is 21.3 Å². The second-order valence-corrected chi connectivity index (χ2v) is 7.76. The van der Waals surface area contributed by atoms with Gasteiger partial charge in [-0.1, -0.05) is 13.8 Å². The third-order valence-corrected chi connectivity index (χ3v) is 5.28. The summed E-state index contributed by atoms with van der Waals surface area (Å²) in [5, 5.41) is 4.25. The van der Waals surface area contributed by atoms with Gasteiger partial charge in [0.25, 0.3) is 0 Å². The van der Waals surface area contributed by atoms with E-state index in [4.69, 9.17) is 4.74 Å². The molecule has 1 aliphatic heterocycles. The number of ether oxygens (including phenoxy) is 1. The number of nitrogens with one attached hydrogen (secondary N) is 1.